The summed E-state index contributed by atoms with van der Waals surface area (Å²) in [5, 5.41) is 5.56. The van der Waals surface area contributed by atoms with Crippen LogP contribution in [-0.2, 0) is 12.7 Å². The van der Waals surface area contributed by atoms with Gasteiger partial charge >= 0.3 is 6.18 Å². The summed E-state index contributed by atoms with van der Waals surface area (Å²) in [6, 6.07) is 7.65. The number of benzene rings is 1. The topological polar surface area (TPSA) is 15.3 Å². The fraction of sp³-hybridized carbons (Fsp3) is 0.389. The molecule has 1 saturated carbocycles. The van der Waals surface area contributed by atoms with E-state index in [1.54, 1.807) is 11.3 Å². The highest BCUT2D eigenvalue weighted by atomic mass is 35.5. The highest BCUT2D eigenvalue weighted by Crippen LogP contribution is 2.34. The molecule has 1 fully saturated rings. The molecule has 26 heavy (non-hydrogen) atoms. The monoisotopic (exact) mass is 418 g/mol. The molecule has 0 atom stereocenters. The Hall–Kier alpha value is -1.31. The normalized spacial score (nSPS) is 15.2. The third-order valence-corrected chi connectivity index (χ3v) is 5.98. The Kier molecular flexibility index (Phi) is 6.10. The molecule has 1 N–H and O–H groups in total. The van der Waals surface area contributed by atoms with E-state index < -0.39 is 11.7 Å². The van der Waals surface area contributed by atoms with Crippen molar-refractivity contribution in [2.75, 3.05) is 5.32 Å². The average molecular weight is 419 g/mol. The Balaban J connectivity index is 1.77. The van der Waals surface area contributed by atoms with Gasteiger partial charge in [-0.2, -0.15) is 13.2 Å². The molecule has 0 aliphatic heterocycles. The van der Waals surface area contributed by atoms with Crippen LogP contribution in [0.1, 0.15) is 36.1 Å². The molecular formula is C18H18ClF3N2S2. The van der Waals surface area contributed by atoms with Crippen LogP contribution in [0, 0.1) is 0 Å². The molecule has 8 heteroatoms. The number of hydrogen-bond acceptors (Lipinski definition) is 2. The molecule has 0 bridgehead atoms. The molecule has 0 amide bonds. The van der Waals surface area contributed by atoms with E-state index in [0.29, 0.717) is 23.4 Å². The molecule has 0 spiro atoms. The van der Waals surface area contributed by atoms with Crippen LogP contribution < -0.4 is 5.32 Å². The molecule has 1 aliphatic carbocycles. The maximum atomic E-state index is 12.8. The molecule has 1 aliphatic rings. The molecular weight excluding hydrogens is 401 g/mol. The Morgan fingerprint density at radius 3 is 2.58 bits per heavy atom. The van der Waals surface area contributed by atoms with Gasteiger partial charge in [-0.05, 0) is 54.7 Å². The first-order valence-corrected chi connectivity index (χ1v) is 9.98. The number of anilines is 1. The third-order valence-electron chi connectivity index (χ3n) is 4.47. The maximum Gasteiger partial charge on any atom is 0.416 e. The Labute approximate surface area is 165 Å². The van der Waals surface area contributed by atoms with Crippen LogP contribution in [0.25, 0.3) is 0 Å². The van der Waals surface area contributed by atoms with E-state index in [0.717, 1.165) is 37.8 Å². The van der Waals surface area contributed by atoms with Gasteiger partial charge in [0.25, 0.3) is 0 Å². The van der Waals surface area contributed by atoms with Crippen LogP contribution in [-0.4, -0.2) is 16.1 Å². The van der Waals surface area contributed by atoms with Crippen LogP contribution in [0.4, 0.5) is 18.9 Å². The second kappa shape index (κ2) is 8.15. The van der Waals surface area contributed by atoms with Crippen molar-refractivity contribution in [3.63, 3.8) is 0 Å². The Bertz CT molecular complexity index is 756. The van der Waals surface area contributed by atoms with E-state index >= 15 is 0 Å². The molecule has 2 aromatic rings. The molecule has 0 unspecified atom stereocenters. The van der Waals surface area contributed by atoms with Gasteiger partial charge in [0.1, 0.15) is 0 Å². The average Bonchev–Trinajstić information content (AvgIpc) is 3.26. The van der Waals surface area contributed by atoms with Crippen LogP contribution in [0.5, 0.6) is 0 Å². The van der Waals surface area contributed by atoms with Gasteiger partial charge in [-0.1, -0.05) is 30.5 Å². The summed E-state index contributed by atoms with van der Waals surface area (Å²) in [7, 11) is 0. The Morgan fingerprint density at radius 2 is 2.00 bits per heavy atom. The van der Waals surface area contributed by atoms with Crippen molar-refractivity contribution >= 4 is 46.0 Å². The lowest BCUT2D eigenvalue weighted by Gasteiger charge is -2.31. The van der Waals surface area contributed by atoms with Crippen molar-refractivity contribution in [3.05, 3.63) is 51.2 Å². The van der Waals surface area contributed by atoms with Crippen LogP contribution in [0.15, 0.2) is 35.7 Å². The zero-order chi connectivity index (χ0) is 18.7. The summed E-state index contributed by atoms with van der Waals surface area (Å²) in [6.45, 7) is 0.687. The minimum Gasteiger partial charge on any atom is -0.341 e. The number of halogens is 4. The van der Waals surface area contributed by atoms with Crippen molar-refractivity contribution < 1.29 is 13.2 Å². The van der Waals surface area contributed by atoms with Gasteiger partial charge in [-0.25, -0.2) is 0 Å². The summed E-state index contributed by atoms with van der Waals surface area (Å²) < 4.78 is 38.4. The van der Waals surface area contributed by atoms with E-state index in [2.05, 4.69) is 16.3 Å². The largest absolute Gasteiger partial charge is 0.416 e. The summed E-state index contributed by atoms with van der Waals surface area (Å²) in [6.07, 6.45) is 0.0319. The van der Waals surface area contributed by atoms with E-state index in [-0.39, 0.29) is 5.02 Å². The fourth-order valence-electron chi connectivity index (χ4n) is 3.13. The predicted octanol–water partition coefficient (Wildman–Crippen LogP) is 6.56. The molecule has 3 rings (SSSR count). The minimum atomic E-state index is -4.42. The predicted molar refractivity (Wildman–Crippen MR) is 105 cm³/mol. The van der Waals surface area contributed by atoms with Crippen molar-refractivity contribution in [2.24, 2.45) is 0 Å². The number of thiophene rings is 1. The van der Waals surface area contributed by atoms with Gasteiger partial charge in [-0.15, -0.1) is 11.3 Å². The van der Waals surface area contributed by atoms with Gasteiger partial charge in [0.05, 0.1) is 22.8 Å². The number of thiocarbonyl (C=S) groups is 1. The van der Waals surface area contributed by atoms with Gasteiger partial charge in [-0.3, -0.25) is 0 Å². The van der Waals surface area contributed by atoms with Crippen LogP contribution in [0.3, 0.4) is 0 Å². The highest BCUT2D eigenvalue weighted by Gasteiger charge is 2.31. The van der Waals surface area contributed by atoms with Gasteiger partial charge < -0.3 is 10.2 Å². The lowest BCUT2D eigenvalue weighted by Crippen LogP contribution is -2.40. The SMILES string of the molecule is FC(F)(F)c1ccc(NC(=S)N(Cc2cccs2)C2CCCC2)c(Cl)c1. The van der Waals surface area contributed by atoms with Gasteiger partial charge in [0, 0.05) is 10.9 Å². The number of nitrogens with one attached hydrogen (secondary N) is 1. The lowest BCUT2D eigenvalue weighted by atomic mass is 10.2. The van der Waals surface area contributed by atoms with Crippen molar-refractivity contribution in [3.8, 4) is 0 Å². The molecule has 140 valence electrons. The first-order valence-electron chi connectivity index (χ1n) is 8.31. The smallest absolute Gasteiger partial charge is 0.341 e. The molecule has 1 aromatic carbocycles. The number of rotatable bonds is 4. The van der Waals surface area contributed by atoms with Gasteiger partial charge in [0.2, 0.25) is 0 Å². The molecule has 0 radical (unpaired) electrons. The van der Waals surface area contributed by atoms with E-state index in [1.165, 1.54) is 10.9 Å². The van der Waals surface area contributed by atoms with Crippen molar-refractivity contribution in [1.29, 1.82) is 0 Å². The third kappa shape index (κ3) is 4.69. The standard InChI is InChI=1S/C18H18ClF3N2S2/c19-15-10-12(18(20,21)22)7-8-16(15)23-17(25)24(13-4-1-2-5-13)11-14-6-3-9-26-14/h3,6-10,13H,1-2,4-5,11H2,(H,23,25). The molecule has 2 nitrogen and oxygen atoms in total. The first kappa shape index (κ1) is 19.5. The summed E-state index contributed by atoms with van der Waals surface area (Å²) >= 11 is 13.3. The van der Waals surface area contributed by atoms with E-state index in [1.807, 2.05) is 11.4 Å². The summed E-state index contributed by atoms with van der Waals surface area (Å²) in [4.78, 5) is 3.32. The quantitative estimate of drug-likeness (QED) is 0.566. The molecule has 0 saturated heterocycles. The second-order valence-corrected chi connectivity index (χ2v) is 8.09. The number of nitrogens with zero attached hydrogens (tertiary/aromatic N) is 1. The summed E-state index contributed by atoms with van der Waals surface area (Å²) in [5.41, 5.74) is -0.385. The van der Waals surface area contributed by atoms with Crippen molar-refractivity contribution in [2.45, 2.75) is 44.4 Å². The first-order chi connectivity index (χ1) is 12.3. The number of hydrogen-bond donors (Lipinski definition) is 1. The lowest BCUT2D eigenvalue weighted by molar-refractivity contribution is -0.137. The highest BCUT2D eigenvalue weighted by molar-refractivity contribution is 7.80. The van der Waals surface area contributed by atoms with Gasteiger partial charge in [0.15, 0.2) is 5.11 Å². The maximum absolute atomic E-state index is 12.8. The minimum absolute atomic E-state index is 0.00432. The Morgan fingerprint density at radius 1 is 1.27 bits per heavy atom. The van der Waals surface area contributed by atoms with E-state index in [9.17, 15) is 13.2 Å². The molecule has 1 heterocycles. The van der Waals surface area contributed by atoms with Crippen LogP contribution >= 0.6 is 35.2 Å². The second-order valence-electron chi connectivity index (χ2n) is 6.27. The van der Waals surface area contributed by atoms with Crippen molar-refractivity contribution in [1.82, 2.24) is 4.90 Å². The van der Waals surface area contributed by atoms with E-state index in [4.69, 9.17) is 23.8 Å². The fourth-order valence-corrected chi connectivity index (χ4v) is 4.39. The number of alkyl halides is 3. The van der Waals surface area contributed by atoms with Crippen LogP contribution in [0.2, 0.25) is 5.02 Å². The zero-order valence-corrected chi connectivity index (χ0v) is 16.2. The summed E-state index contributed by atoms with van der Waals surface area (Å²) in [5.74, 6) is 0. The zero-order valence-electron chi connectivity index (χ0n) is 13.9. The molecule has 1 aromatic heterocycles.